The van der Waals surface area contributed by atoms with Crippen LogP contribution >= 0.6 is 0 Å². The number of carboxylic acid groups (broad SMARTS) is 1. The topological polar surface area (TPSA) is 87.7 Å². The Balaban J connectivity index is 2.04. The number of carbonyl (C=O) groups excluding carboxylic acids is 1. The molecule has 6 heteroatoms. The van der Waals surface area contributed by atoms with E-state index in [4.69, 9.17) is 9.84 Å². The summed E-state index contributed by atoms with van der Waals surface area (Å²) in [6.07, 6.45) is 1.10. The SMILES string of the molecule is CNC(CCc1ccc2c(c1)NC(=O)CO2)C(=O)O. The highest BCUT2D eigenvalue weighted by Gasteiger charge is 2.17. The molecule has 1 aliphatic rings. The number of hydrogen-bond donors (Lipinski definition) is 3. The van der Waals surface area contributed by atoms with Gasteiger partial charge in [-0.1, -0.05) is 6.07 Å². The number of benzene rings is 1. The largest absolute Gasteiger partial charge is 0.482 e. The Hall–Kier alpha value is -2.08. The first-order valence-electron chi connectivity index (χ1n) is 6.06. The van der Waals surface area contributed by atoms with Crippen LogP contribution in [0.3, 0.4) is 0 Å². The second-order valence-corrected chi connectivity index (χ2v) is 4.39. The van der Waals surface area contributed by atoms with E-state index in [1.807, 2.05) is 12.1 Å². The van der Waals surface area contributed by atoms with Crippen molar-refractivity contribution >= 4 is 17.6 Å². The first-order chi connectivity index (χ1) is 9.10. The van der Waals surface area contributed by atoms with Gasteiger partial charge < -0.3 is 20.5 Å². The summed E-state index contributed by atoms with van der Waals surface area (Å²) in [5, 5.41) is 14.4. The van der Waals surface area contributed by atoms with Gasteiger partial charge in [0, 0.05) is 0 Å². The molecule has 1 heterocycles. The predicted molar refractivity (Wildman–Crippen MR) is 69.4 cm³/mol. The number of ether oxygens (including phenoxy) is 1. The first kappa shape index (κ1) is 13.4. The number of nitrogens with one attached hydrogen (secondary N) is 2. The van der Waals surface area contributed by atoms with Crippen molar-refractivity contribution in [2.75, 3.05) is 19.0 Å². The number of carbonyl (C=O) groups is 2. The number of aliphatic carboxylic acids is 1. The van der Waals surface area contributed by atoms with Crippen LogP contribution in [-0.2, 0) is 16.0 Å². The minimum atomic E-state index is -0.864. The molecule has 0 bridgehead atoms. The van der Waals surface area contributed by atoms with Crippen LogP contribution in [0.15, 0.2) is 18.2 Å². The van der Waals surface area contributed by atoms with Gasteiger partial charge in [-0.25, -0.2) is 0 Å². The molecular formula is C13H16N2O4. The molecule has 0 aliphatic carbocycles. The van der Waals surface area contributed by atoms with Gasteiger partial charge in [0.15, 0.2) is 6.61 Å². The van der Waals surface area contributed by atoms with Crippen molar-refractivity contribution in [2.45, 2.75) is 18.9 Å². The van der Waals surface area contributed by atoms with Gasteiger partial charge in [0.05, 0.1) is 5.69 Å². The van der Waals surface area contributed by atoms with E-state index in [0.717, 1.165) is 5.56 Å². The lowest BCUT2D eigenvalue weighted by molar-refractivity contribution is -0.139. The Kier molecular flexibility index (Phi) is 4.01. The van der Waals surface area contributed by atoms with Crippen LogP contribution in [0.2, 0.25) is 0 Å². The first-order valence-corrected chi connectivity index (χ1v) is 6.06. The number of likely N-dealkylation sites (N-methyl/N-ethyl adjacent to an activating group) is 1. The molecule has 0 radical (unpaired) electrons. The molecule has 0 spiro atoms. The average molecular weight is 264 g/mol. The smallest absolute Gasteiger partial charge is 0.320 e. The highest BCUT2D eigenvalue weighted by atomic mass is 16.5. The molecule has 19 heavy (non-hydrogen) atoms. The van der Waals surface area contributed by atoms with E-state index < -0.39 is 12.0 Å². The predicted octanol–water partition coefficient (Wildman–Crippen LogP) is 0.623. The zero-order valence-electron chi connectivity index (χ0n) is 10.6. The number of carboxylic acids is 1. The Labute approximate surface area is 110 Å². The lowest BCUT2D eigenvalue weighted by Gasteiger charge is -2.19. The minimum absolute atomic E-state index is 0.0349. The summed E-state index contributed by atoms with van der Waals surface area (Å²) in [7, 11) is 1.62. The third-order valence-electron chi connectivity index (χ3n) is 3.05. The molecule has 0 saturated carbocycles. The van der Waals surface area contributed by atoms with Gasteiger partial charge in [0.2, 0.25) is 0 Å². The molecule has 0 saturated heterocycles. The quantitative estimate of drug-likeness (QED) is 0.725. The summed E-state index contributed by atoms with van der Waals surface area (Å²) < 4.78 is 5.26. The number of hydrogen-bond acceptors (Lipinski definition) is 4. The Morgan fingerprint density at radius 3 is 3.05 bits per heavy atom. The summed E-state index contributed by atoms with van der Waals surface area (Å²) in [4.78, 5) is 22.1. The van der Waals surface area contributed by atoms with Crippen molar-refractivity contribution in [1.82, 2.24) is 5.32 Å². The zero-order chi connectivity index (χ0) is 13.8. The van der Waals surface area contributed by atoms with Gasteiger partial charge in [0.25, 0.3) is 5.91 Å². The van der Waals surface area contributed by atoms with Crippen LogP contribution in [-0.4, -0.2) is 36.7 Å². The van der Waals surface area contributed by atoms with E-state index in [1.165, 1.54) is 0 Å². The minimum Gasteiger partial charge on any atom is -0.482 e. The molecule has 1 unspecified atom stereocenters. The molecule has 0 aromatic heterocycles. The Morgan fingerprint density at radius 1 is 1.58 bits per heavy atom. The van der Waals surface area contributed by atoms with Gasteiger partial charge in [-0.2, -0.15) is 0 Å². The summed E-state index contributed by atoms with van der Waals surface area (Å²) in [5.74, 6) is -0.396. The monoisotopic (exact) mass is 264 g/mol. The highest BCUT2D eigenvalue weighted by Crippen LogP contribution is 2.28. The molecule has 2 rings (SSSR count). The van der Waals surface area contributed by atoms with Gasteiger partial charge in [-0.15, -0.1) is 0 Å². The van der Waals surface area contributed by atoms with Crippen molar-refractivity contribution in [3.8, 4) is 5.75 Å². The summed E-state index contributed by atoms with van der Waals surface area (Å²) in [6, 6.07) is 4.92. The second-order valence-electron chi connectivity index (χ2n) is 4.39. The van der Waals surface area contributed by atoms with E-state index in [-0.39, 0.29) is 12.5 Å². The van der Waals surface area contributed by atoms with Crippen molar-refractivity contribution in [3.05, 3.63) is 23.8 Å². The standard InChI is InChI=1S/C13H16N2O4/c1-14-9(13(17)18)4-2-8-3-5-11-10(6-8)15-12(16)7-19-11/h3,5-6,9,14H,2,4,7H2,1H3,(H,15,16)(H,17,18). The molecule has 1 atom stereocenters. The van der Waals surface area contributed by atoms with Crippen molar-refractivity contribution in [3.63, 3.8) is 0 Å². The van der Waals surface area contributed by atoms with E-state index in [9.17, 15) is 9.59 Å². The van der Waals surface area contributed by atoms with Crippen LogP contribution in [0.5, 0.6) is 5.75 Å². The van der Waals surface area contributed by atoms with E-state index in [1.54, 1.807) is 13.1 Å². The number of fused-ring (bicyclic) bond motifs is 1. The maximum absolute atomic E-state index is 11.2. The van der Waals surface area contributed by atoms with Crippen molar-refractivity contribution < 1.29 is 19.4 Å². The Morgan fingerprint density at radius 2 is 2.37 bits per heavy atom. The lowest BCUT2D eigenvalue weighted by Crippen LogP contribution is -2.34. The zero-order valence-corrected chi connectivity index (χ0v) is 10.6. The van der Waals surface area contributed by atoms with E-state index in [2.05, 4.69) is 10.6 Å². The van der Waals surface area contributed by atoms with Crippen LogP contribution in [0, 0.1) is 0 Å². The summed E-state index contributed by atoms with van der Waals surface area (Å²) >= 11 is 0. The fourth-order valence-corrected chi connectivity index (χ4v) is 1.99. The average Bonchev–Trinajstić information content (AvgIpc) is 2.38. The van der Waals surface area contributed by atoms with Gasteiger partial charge in [-0.05, 0) is 37.6 Å². The molecule has 1 aromatic rings. The van der Waals surface area contributed by atoms with Gasteiger partial charge in [0.1, 0.15) is 11.8 Å². The number of aryl methyl sites for hydroxylation is 1. The maximum Gasteiger partial charge on any atom is 0.320 e. The number of anilines is 1. The van der Waals surface area contributed by atoms with Crippen LogP contribution in [0.4, 0.5) is 5.69 Å². The number of rotatable bonds is 5. The maximum atomic E-state index is 11.2. The van der Waals surface area contributed by atoms with Crippen LogP contribution < -0.4 is 15.4 Å². The molecule has 0 fully saturated rings. The molecule has 6 nitrogen and oxygen atoms in total. The van der Waals surface area contributed by atoms with Crippen molar-refractivity contribution in [2.24, 2.45) is 0 Å². The molecule has 102 valence electrons. The fraction of sp³-hybridized carbons (Fsp3) is 0.385. The molecule has 1 amide bonds. The van der Waals surface area contributed by atoms with Crippen LogP contribution in [0.1, 0.15) is 12.0 Å². The Bertz CT molecular complexity index is 501. The van der Waals surface area contributed by atoms with Crippen LogP contribution in [0.25, 0.3) is 0 Å². The number of amides is 1. The third kappa shape index (κ3) is 3.23. The third-order valence-corrected chi connectivity index (χ3v) is 3.05. The molecular weight excluding hydrogens is 248 g/mol. The van der Waals surface area contributed by atoms with E-state index in [0.29, 0.717) is 24.3 Å². The van der Waals surface area contributed by atoms with Gasteiger partial charge in [-0.3, -0.25) is 9.59 Å². The summed E-state index contributed by atoms with van der Waals surface area (Å²) in [6.45, 7) is 0.0349. The normalized spacial score (nSPS) is 15.1. The molecule has 1 aromatic carbocycles. The van der Waals surface area contributed by atoms with E-state index >= 15 is 0 Å². The molecule has 1 aliphatic heterocycles. The van der Waals surface area contributed by atoms with Crippen molar-refractivity contribution in [1.29, 1.82) is 0 Å². The van der Waals surface area contributed by atoms with Gasteiger partial charge >= 0.3 is 5.97 Å². The highest BCUT2D eigenvalue weighted by molar-refractivity contribution is 5.95. The fourth-order valence-electron chi connectivity index (χ4n) is 1.99. The molecule has 3 N–H and O–H groups in total. The summed E-state index contributed by atoms with van der Waals surface area (Å²) in [5.41, 5.74) is 1.61. The lowest BCUT2D eigenvalue weighted by atomic mass is 10.0. The second kappa shape index (κ2) is 5.71.